The third-order valence-electron chi connectivity index (χ3n) is 1.97. The SMILES string of the molecule is O=C(O)c1cccc(NCCSCCCO)n1. The maximum atomic E-state index is 10.7. The highest BCUT2D eigenvalue weighted by Crippen LogP contribution is 2.06. The Labute approximate surface area is 104 Å². The molecule has 1 aromatic rings. The maximum Gasteiger partial charge on any atom is 0.354 e. The summed E-state index contributed by atoms with van der Waals surface area (Å²) in [7, 11) is 0. The van der Waals surface area contributed by atoms with E-state index < -0.39 is 5.97 Å². The van der Waals surface area contributed by atoms with E-state index in [9.17, 15) is 4.79 Å². The number of nitrogens with zero attached hydrogens (tertiary/aromatic N) is 1. The van der Waals surface area contributed by atoms with E-state index in [-0.39, 0.29) is 12.3 Å². The van der Waals surface area contributed by atoms with Crippen LogP contribution in [-0.2, 0) is 0 Å². The van der Waals surface area contributed by atoms with Gasteiger partial charge in [0.1, 0.15) is 5.82 Å². The number of hydrogen-bond acceptors (Lipinski definition) is 5. The Morgan fingerprint density at radius 2 is 2.24 bits per heavy atom. The highest BCUT2D eigenvalue weighted by molar-refractivity contribution is 7.99. The summed E-state index contributed by atoms with van der Waals surface area (Å²) < 4.78 is 0. The molecule has 0 aliphatic carbocycles. The number of thioether (sulfide) groups is 1. The van der Waals surface area contributed by atoms with Crippen LogP contribution in [0.25, 0.3) is 0 Å². The minimum absolute atomic E-state index is 0.0444. The summed E-state index contributed by atoms with van der Waals surface area (Å²) in [4.78, 5) is 14.6. The Hall–Kier alpha value is -1.27. The number of rotatable bonds is 8. The first-order valence-corrected chi connectivity index (χ1v) is 6.52. The summed E-state index contributed by atoms with van der Waals surface area (Å²) in [6.45, 7) is 0.953. The van der Waals surface area contributed by atoms with Gasteiger partial charge in [0.2, 0.25) is 0 Å². The van der Waals surface area contributed by atoms with Crippen LogP contribution in [0.1, 0.15) is 16.9 Å². The average Bonchev–Trinajstić information content (AvgIpc) is 2.34. The molecule has 0 aromatic carbocycles. The minimum Gasteiger partial charge on any atom is -0.477 e. The largest absolute Gasteiger partial charge is 0.477 e. The molecule has 0 unspecified atom stereocenters. The molecule has 0 amide bonds. The molecule has 1 heterocycles. The standard InChI is InChI=1S/C11H16N2O3S/c14-6-2-7-17-8-5-12-10-4-1-3-9(13-10)11(15)16/h1,3-4,14H,2,5-8H2,(H,12,13)(H,15,16). The molecule has 1 rings (SSSR count). The third-order valence-corrected chi connectivity index (χ3v) is 3.04. The normalized spacial score (nSPS) is 10.2. The molecule has 0 radical (unpaired) electrons. The highest BCUT2D eigenvalue weighted by Gasteiger charge is 2.04. The van der Waals surface area contributed by atoms with E-state index in [1.165, 1.54) is 6.07 Å². The number of aromatic nitrogens is 1. The molecule has 17 heavy (non-hydrogen) atoms. The van der Waals surface area contributed by atoms with Gasteiger partial charge in [0.15, 0.2) is 5.69 Å². The Morgan fingerprint density at radius 3 is 2.94 bits per heavy atom. The molecular weight excluding hydrogens is 240 g/mol. The number of aromatic carboxylic acids is 1. The van der Waals surface area contributed by atoms with Gasteiger partial charge in [0.05, 0.1) is 0 Å². The second kappa shape index (κ2) is 7.92. The molecular formula is C11H16N2O3S. The zero-order chi connectivity index (χ0) is 12.5. The molecule has 94 valence electrons. The Bertz CT molecular complexity index is 360. The predicted molar refractivity (Wildman–Crippen MR) is 68.7 cm³/mol. The van der Waals surface area contributed by atoms with Gasteiger partial charge >= 0.3 is 5.97 Å². The smallest absolute Gasteiger partial charge is 0.354 e. The first-order valence-electron chi connectivity index (χ1n) is 5.37. The van der Waals surface area contributed by atoms with Crippen LogP contribution < -0.4 is 5.32 Å². The van der Waals surface area contributed by atoms with Crippen molar-refractivity contribution in [2.75, 3.05) is 30.0 Å². The van der Waals surface area contributed by atoms with Crippen molar-refractivity contribution < 1.29 is 15.0 Å². The molecule has 1 aromatic heterocycles. The molecule has 6 heteroatoms. The molecule has 0 spiro atoms. The summed E-state index contributed by atoms with van der Waals surface area (Å²) in [6.07, 6.45) is 0.803. The van der Waals surface area contributed by atoms with Crippen LogP contribution in [0, 0.1) is 0 Å². The van der Waals surface area contributed by atoms with E-state index in [1.807, 2.05) is 0 Å². The Balaban J connectivity index is 2.27. The molecule has 0 aliphatic rings. The highest BCUT2D eigenvalue weighted by atomic mass is 32.2. The number of anilines is 1. The number of nitrogens with one attached hydrogen (secondary N) is 1. The van der Waals surface area contributed by atoms with Gasteiger partial charge in [-0.2, -0.15) is 11.8 Å². The molecule has 0 saturated heterocycles. The quantitative estimate of drug-likeness (QED) is 0.608. The zero-order valence-corrected chi connectivity index (χ0v) is 10.2. The van der Waals surface area contributed by atoms with Crippen LogP contribution >= 0.6 is 11.8 Å². The van der Waals surface area contributed by atoms with E-state index in [4.69, 9.17) is 10.2 Å². The van der Waals surface area contributed by atoms with Crippen molar-refractivity contribution in [1.29, 1.82) is 0 Å². The lowest BCUT2D eigenvalue weighted by Crippen LogP contribution is -2.08. The number of aliphatic hydroxyl groups excluding tert-OH is 1. The maximum absolute atomic E-state index is 10.7. The van der Waals surface area contributed by atoms with Crippen LogP contribution in [0.2, 0.25) is 0 Å². The van der Waals surface area contributed by atoms with E-state index in [0.717, 1.165) is 24.5 Å². The number of carbonyl (C=O) groups is 1. The van der Waals surface area contributed by atoms with Gasteiger partial charge in [-0.3, -0.25) is 0 Å². The molecule has 0 saturated carbocycles. The van der Waals surface area contributed by atoms with Gasteiger partial charge in [0.25, 0.3) is 0 Å². The van der Waals surface area contributed by atoms with Gasteiger partial charge in [-0.25, -0.2) is 9.78 Å². The first-order chi connectivity index (χ1) is 8.24. The monoisotopic (exact) mass is 256 g/mol. The third kappa shape index (κ3) is 5.55. The molecule has 3 N–H and O–H groups in total. The minimum atomic E-state index is -1.02. The van der Waals surface area contributed by atoms with Gasteiger partial charge in [-0.1, -0.05) is 6.07 Å². The number of aliphatic hydroxyl groups is 1. The summed E-state index contributed by atoms with van der Waals surface area (Å²) in [5.41, 5.74) is 0.0444. The second-order valence-electron chi connectivity index (χ2n) is 3.33. The molecule has 0 bridgehead atoms. The van der Waals surface area contributed by atoms with Crippen molar-refractivity contribution in [1.82, 2.24) is 4.98 Å². The van der Waals surface area contributed by atoms with Gasteiger partial charge in [0, 0.05) is 18.9 Å². The molecule has 0 atom stereocenters. The second-order valence-corrected chi connectivity index (χ2v) is 4.55. The van der Waals surface area contributed by atoms with Crippen LogP contribution in [-0.4, -0.2) is 45.8 Å². The number of carboxylic acids is 1. The van der Waals surface area contributed by atoms with Crippen molar-refractivity contribution in [3.8, 4) is 0 Å². The van der Waals surface area contributed by atoms with E-state index in [2.05, 4.69) is 10.3 Å². The lowest BCUT2D eigenvalue weighted by molar-refractivity contribution is 0.0690. The van der Waals surface area contributed by atoms with Crippen LogP contribution in [0.4, 0.5) is 5.82 Å². The predicted octanol–water partition coefficient (Wildman–Crippen LogP) is 1.31. The summed E-state index contributed by atoms with van der Waals surface area (Å²) in [5, 5.41) is 20.4. The van der Waals surface area contributed by atoms with E-state index in [0.29, 0.717) is 5.82 Å². The fourth-order valence-electron chi connectivity index (χ4n) is 1.17. The molecule has 0 aliphatic heterocycles. The Morgan fingerprint density at radius 1 is 1.41 bits per heavy atom. The van der Waals surface area contributed by atoms with Gasteiger partial charge in [-0.05, 0) is 24.3 Å². The fraction of sp³-hybridized carbons (Fsp3) is 0.455. The molecule has 5 nitrogen and oxygen atoms in total. The molecule has 0 fully saturated rings. The van der Waals surface area contributed by atoms with Crippen molar-refractivity contribution in [2.45, 2.75) is 6.42 Å². The summed E-state index contributed by atoms with van der Waals surface area (Å²) in [5.74, 6) is 1.39. The van der Waals surface area contributed by atoms with Crippen molar-refractivity contribution >= 4 is 23.5 Å². The fourth-order valence-corrected chi connectivity index (χ4v) is 1.96. The summed E-state index contributed by atoms with van der Waals surface area (Å²) in [6, 6.07) is 4.87. The number of pyridine rings is 1. The summed E-state index contributed by atoms with van der Waals surface area (Å²) >= 11 is 1.74. The lowest BCUT2D eigenvalue weighted by atomic mass is 10.3. The van der Waals surface area contributed by atoms with Crippen LogP contribution in [0.3, 0.4) is 0 Å². The average molecular weight is 256 g/mol. The van der Waals surface area contributed by atoms with Crippen molar-refractivity contribution in [3.05, 3.63) is 23.9 Å². The topological polar surface area (TPSA) is 82.5 Å². The van der Waals surface area contributed by atoms with E-state index >= 15 is 0 Å². The van der Waals surface area contributed by atoms with Crippen molar-refractivity contribution in [2.24, 2.45) is 0 Å². The van der Waals surface area contributed by atoms with Gasteiger partial charge < -0.3 is 15.5 Å². The lowest BCUT2D eigenvalue weighted by Gasteiger charge is -2.05. The van der Waals surface area contributed by atoms with Crippen LogP contribution in [0.15, 0.2) is 18.2 Å². The van der Waals surface area contributed by atoms with Gasteiger partial charge in [-0.15, -0.1) is 0 Å². The number of hydrogen-bond donors (Lipinski definition) is 3. The first kappa shape index (κ1) is 13.8. The van der Waals surface area contributed by atoms with Crippen LogP contribution in [0.5, 0.6) is 0 Å². The Kier molecular flexibility index (Phi) is 6.42. The number of carboxylic acid groups (broad SMARTS) is 1. The van der Waals surface area contributed by atoms with E-state index in [1.54, 1.807) is 23.9 Å². The zero-order valence-electron chi connectivity index (χ0n) is 9.43. The van der Waals surface area contributed by atoms with Crippen molar-refractivity contribution in [3.63, 3.8) is 0 Å².